The average molecular weight is 280 g/mol. The number of fused-ring (bicyclic) bond motifs is 1. The minimum absolute atomic E-state index is 0.0837. The number of halogens is 1. The highest BCUT2D eigenvalue weighted by Crippen LogP contribution is 2.33. The SMILES string of the molecule is O=C(O)c1cn(Cc2cc(Cl)cc3c2OCC3)nn1. The zero-order chi connectivity index (χ0) is 13.4. The molecule has 0 saturated heterocycles. The minimum Gasteiger partial charge on any atom is -0.493 e. The lowest BCUT2D eigenvalue weighted by atomic mass is 10.1. The molecule has 0 aliphatic carbocycles. The van der Waals surface area contributed by atoms with Crippen LogP contribution in [-0.4, -0.2) is 32.7 Å². The van der Waals surface area contributed by atoms with Crippen molar-refractivity contribution in [2.75, 3.05) is 6.61 Å². The van der Waals surface area contributed by atoms with Crippen molar-refractivity contribution in [1.29, 1.82) is 0 Å². The van der Waals surface area contributed by atoms with Crippen LogP contribution in [0.15, 0.2) is 18.3 Å². The van der Waals surface area contributed by atoms with E-state index in [9.17, 15) is 4.79 Å². The van der Waals surface area contributed by atoms with Crippen LogP contribution in [0.5, 0.6) is 5.75 Å². The van der Waals surface area contributed by atoms with E-state index in [1.165, 1.54) is 10.9 Å². The summed E-state index contributed by atoms with van der Waals surface area (Å²) in [5, 5.41) is 16.8. The van der Waals surface area contributed by atoms with Gasteiger partial charge < -0.3 is 9.84 Å². The Morgan fingerprint density at radius 3 is 3.11 bits per heavy atom. The fraction of sp³-hybridized carbons (Fsp3) is 0.250. The first-order chi connectivity index (χ1) is 9.13. The van der Waals surface area contributed by atoms with Crippen molar-refractivity contribution in [3.05, 3.63) is 40.2 Å². The normalized spacial score (nSPS) is 13.1. The van der Waals surface area contributed by atoms with Crippen molar-refractivity contribution < 1.29 is 14.6 Å². The summed E-state index contributed by atoms with van der Waals surface area (Å²) in [5.41, 5.74) is 1.86. The van der Waals surface area contributed by atoms with Gasteiger partial charge in [-0.3, -0.25) is 0 Å². The van der Waals surface area contributed by atoms with Crippen molar-refractivity contribution >= 4 is 17.6 Å². The lowest BCUT2D eigenvalue weighted by molar-refractivity contribution is 0.0690. The first kappa shape index (κ1) is 12.0. The molecule has 2 heterocycles. The molecular formula is C12H10ClN3O3. The second-order valence-corrected chi connectivity index (χ2v) is 4.69. The van der Waals surface area contributed by atoms with Gasteiger partial charge in [0.25, 0.3) is 0 Å². The van der Waals surface area contributed by atoms with E-state index in [4.69, 9.17) is 21.4 Å². The van der Waals surface area contributed by atoms with Gasteiger partial charge in [-0.05, 0) is 17.7 Å². The number of carbonyl (C=O) groups is 1. The van der Waals surface area contributed by atoms with Gasteiger partial charge in [-0.2, -0.15) is 0 Å². The fourth-order valence-corrected chi connectivity index (χ4v) is 2.38. The number of ether oxygens (including phenoxy) is 1. The molecule has 98 valence electrons. The van der Waals surface area contributed by atoms with E-state index >= 15 is 0 Å². The summed E-state index contributed by atoms with van der Waals surface area (Å²) in [7, 11) is 0. The number of benzene rings is 1. The predicted octanol–water partition coefficient (Wildman–Crippen LogP) is 1.61. The molecule has 1 aromatic carbocycles. The second kappa shape index (κ2) is 4.55. The Labute approximate surface area is 113 Å². The Kier molecular flexibility index (Phi) is 2.87. The molecule has 1 aromatic heterocycles. The van der Waals surface area contributed by atoms with E-state index in [2.05, 4.69) is 10.3 Å². The summed E-state index contributed by atoms with van der Waals surface area (Å²) in [5.74, 6) is -0.282. The number of hydrogen-bond acceptors (Lipinski definition) is 4. The molecule has 2 aromatic rings. The number of carboxylic acids is 1. The molecule has 0 spiro atoms. The molecule has 7 heteroatoms. The summed E-state index contributed by atoms with van der Waals surface area (Å²) >= 11 is 6.06. The Bertz CT molecular complexity index is 654. The third-order valence-corrected chi connectivity index (χ3v) is 3.13. The Morgan fingerprint density at radius 2 is 2.37 bits per heavy atom. The maximum Gasteiger partial charge on any atom is 0.358 e. The number of hydrogen-bond donors (Lipinski definition) is 1. The summed E-state index contributed by atoms with van der Waals surface area (Å²) in [4.78, 5) is 10.7. The van der Waals surface area contributed by atoms with Crippen molar-refractivity contribution in [1.82, 2.24) is 15.0 Å². The fourth-order valence-electron chi connectivity index (χ4n) is 2.11. The maximum atomic E-state index is 10.7. The largest absolute Gasteiger partial charge is 0.493 e. The first-order valence-electron chi connectivity index (χ1n) is 5.71. The van der Waals surface area contributed by atoms with Crippen LogP contribution in [-0.2, 0) is 13.0 Å². The molecule has 0 fully saturated rings. The van der Waals surface area contributed by atoms with E-state index in [0.717, 1.165) is 23.3 Å². The van der Waals surface area contributed by atoms with E-state index in [-0.39, 0.29) is 5.69 Å². The molecule has 0 saturated carbocycles. The maximum absolute atomic E-state index is 10.7. The Balaban J connectivity index is 1.92. The third kappa shape index (κ3) is 2.26. The molecule has 0 bridgehead atoms. The molecule has 3 rings (SSSR count). The standard InChI is InChI=1S/C12H10ClN3O3/c13-9-3-7-1-2-19-11(7)8(4-9)5-16-6-10(12(17)18)14-15-16/h3-4,6H,1-2,5H2,(H,17,18). The molecule has 1 aliphatic rings. The zero-order valence-electron chi connectivity index (χ0n) is 9.84. The molecule has 0 unspecified atom stereocenters. The summed E-state index contributed by atoms with van der Waals surface area (Å²) in [6, 6.07) is 3.69. The Hall–Kier alpha value is -2.08. The quantitative estimate of drug-likeness (QED) is 0.924. The van der Waals surface area contributed by atoms with Gasteiger partial charge >= 0.3 is 5.97 Å². The van der Waals surface area contributed by atoms with Gasteiger partial charge in [-0.1, -0.05) is 16.8 Å². The van der Waals surface area contributed by atoms with Gasteiger partial charge in [0, 0.05) is 17.0 Å². The molecular weight excluding hydrogens is 270 g/mol. The van der Waals surface area contributed by atoms with Gasteiger partial charge in [-0.25, -0.2) is 9.48 Å². The van der Waals surface area contributed by atoms with Gasteiger partial charge in [-0.15, -0.1) is 5.10 Å². The molecule has 19 heavy (non-hydrogen) atoms. The number of rotatable bonds is 3. The van der Waals surface area contributed by atoms with Gasteiger partial charge in [0.15, 0.2) is 5.69 Å². The van der Waals surface area contributed by atoms with Crippen molar-refractivity contribution in [2.24, 2.45) is 0 Å². The van der Waals surface area contributed by atoms with E-state index in [1.54, 1.807) is 6.07 Å². The van der Waals surface area contributed by atoms with Gasteiger partial charge in [0.05, 0.1) is 19.3 Å². The van der Waals surface area contributed by atoms with Crippen molar-refractivity contribution in [2.45, 2.75) is 13.0 Å². The van der Waals surface area contributed by atoms with Crippen LogP contribution < -0.4 is 4.74 Å². The minimum atomic E-state index is -1.10. The van der Waals surface area contributed by atoms with Crippen LogP contribution in [0.3, 0.4) is 0 Å². The highest BCUT2D eigenvalue weighted by Gasteiger charge is 2.18. The summed E-state index contributed by atoms with van der Waals surface area (Å²) in [6.07, 6.45) is 2.21. The van der Waals surface area contributed by atoms with Crippen LogP contribution in [0.1, 0.15) is 21.6 Å². The highest BCUT2D eigenvalue weighted by molar-refractivity contribution is 6.30. The van der Waals surface area contributed by atoms with E-state index in [1.807, 2.05) is 6.07 Å². The van der Waals surface area contributed by atoms with Crippen LogP contribution in [0.2, 0.25) is 5.02 Å². The summed E-state index contributed by atoms with van der Waals surface area (Å²) < 4.78 is 7.03. The van der Waals surface area contributed by atoms with Crippen LogP contribution in [0, 0.1) is 0 Å². The number of aromatic nitrogens is 3. The van der Waals surface area contributed by atoms with Crippen LogP contribution in [0.4, 0.5) is 0 Å². The number of aromatic carboxylic acids is 1. The predicted molar refractivity (Wildman–Crippen MR) is 66.7 cm³/mol. The topological polar surface area (TPSA) is 77.2 Å². The lowest BCUT2D eigenvalue weighted by Crippen LogP contribution is -2.02. The number of nitrogens with zero attached hydrogens (tertiary/aromatic N) is 3. The zero-order valence-corrected chi connectivity index (χ0v) is 10.6. The first-order valence-corrected chi connectivity index (χ1v) is 6.09. The van der Waals surface area contributed by atoms with Gasteiger partial charge in [0.1, 0.15) is 5.75 Å². The molecule has 0 amide bonds. The molecule has 0 radical (unpaired) electrons. The molecule has 1 N–H and O–H groups in total. The smallest absolute Gasteiger partial charge is 0.358 e. The molecule has 6 nitrogen and oxygen atoms in total. The van der Waals surface area contributed by atoms with E-state index in [0.29, 0.717) is 18.2 Å². The van der Waals surface area contributed by atoms with Crippen LogP contribution >= 0.6 is 11.6 Å². The summed E-state index contributed by atoms with van der Waals surface area (Å²) in [6.45, 7) is 1.02. The lowest BCUT2D eigenvalue weighted by Gasteiger charge is -2.08. The average Bonchev–Trinajstić information content (AvgIpc) is 2.96. The van der Waals surface area contributed by atoms with Gasteiger partial charge in [0.2, 0.25) is 0 Å². The van der Waals surface area contributed by atoms with Crippen molar-refractivity contribution in [3.63, 3.8) is 0 Å². The molecule has 0 atom stereocenters. The van der Waals surface area contributed by atoms with E-state index < -0.39 is 5.97 Å². The highest BCUT2D eigenvalue weighted by atomic mass is 35.5. The second-order valence-electron chi connectivity index (χ2n) is 4.26. The Morgan fingerprint density at radius 1 is 1.53 bits per heavy atom. The monoisotopic (exact) mass is 279 g/mol. The van der Waals surface area contributed by atoms with Crippen LogP contribution in [0.25, 0.3) is 0 Å². The van der Waals surface area contributed by atoms with Crippen molar-refractivity contribution in [3.8, 4) is 5.75 Å². The number of carboxylic acid groups (broad SMARTS) is 1. The third-order valence-electron chi connectivity index (χ3n) is 2.92. The molecule has 1 aliphatic heterocycles.